The second kappa shape index (κ2) is 8.55. The van der Waals surface area contributed by atoms with E-state index >= 15 is 0 Å². The van der Waals surface area contributed by atoms with Gasteiger partial charge >= 0.3 is 0 Å². The van der Waals surface area contributed by atoms with Crippen molar-refractivity contribution in [1.29, 1.82) is 0 Å². The molecule has 2 aromatic carbocycles. The molecule has 0 aliphatic carbocycles. The van der Waals surface area contributed by atoms with E-state index in [2.05, 4.69) is 5.32 Å². The molecule has 1 unspecified atom stereocenters. The maximum atomic E-state index is 6.32. The van der Waals surface area contributed by atoms with Crippen molar-refractivity contribution >= 4 is 11.6 Å². The van der Waals surface area contributed by atoms with Gasteiger partial charge in [-0.1, -0.05) is 30.3 Å². The van der Waals surface area contributed by atoms with Crippen LogP contribution < -0.4 is 14.8 Å². The first-order chi connectivity index (χ1) is 10.3. The van der Waals surface area contributed by atoms with Gasteiger partial charge in [-0.05, 0) is 29.8 Å². The summed E-state index contributed by atoms with van der Waals surface area (Å²) in [4.78, 5) is 0. The van der Waals surface area contributed by atoms with Crippen molar-refractivity contribution in [1.82, 2.24) is 5.32 Å². The van der Waals surface area contributed by atoms with Gasteiger partial charge in [-0.15, -0.1) is 11.6 Å². The Morgan fingerprint density at radius 1 is 1.00 bits per heavy atom. The number of benzene rings is 2. The van der Waals surface area contributed by atoms with Gasteiger partial charge in [0.1, 0.15) is 18.1 Å². The van der Waals surface area contributed by atoms with E-state index in [4.69, 9.17) is 21.1 Å². The molecular formula is C17H20ClNO2. The van der Waals surface area contributed by atoms with Crippen LogP contribution >= 0.6 is 11.6 Å². The molecule has 0 spiro atoms. The predicted octanol–water partition coefficient (Wildman–Crippen LogP) is 3.64. The SMILES string of the molecule is COc1ccc(OCCNCC(Cl)c2ccccc2)cc1. The maximum absolute atomic E-state index is 6.32. The van der Waals surface area contributed by atoms with Crippen LogP contribution in [0.2, 0.25) is 0 Å². The van der Waals surface area contributed by atoms with Crippen molar-refractivity contribution in [3.05, 3.63) is 60.2 Å². The Morgan fingerprint density at radius 2 is 1.67 bits per heavy atom. The van der Waals surface area contributed by atoms with E-state index in [1.807, 2.05) is 54.6 Å². The Morgan fingerprint density at radius 3 is 2.33 bits per heavy atom. The van der Waals surface area contributed by atoms with Crippen molar-refractivity contribution in [2.45, 2.75) is 5.38 Å². The Bertz CT molecular complexity index is 516. The van der Waals surface area contributed by atoms with Gasteiger partial charge in [0.05, 0.1) is 12.5 Å². The summed E-state index contributed by atoms with van der Waals surface area (Å²) >= 11 is 6.32. The normalized spacial score (nSPS) is 11.9. The lowest BCUT2D eigenvalue weighted by atomic mass is 10.1. The Balaban J connectivity index is 1.63. The van der Waals surface area contributed by atoms with Gasteiger partial charge in [-0.2, -0.15) is 0 Å². The molecule has 2 rings (SSSR count). The summed E-state index contributed by atoms with van der Waals surface area (Å²) in [5, 5.41) is 3.27. The van der Waals surface area contributed by atoms with Crippen LogP contribution in [-0.2, 0) is 0 Å². The molecule has 0 aromatic heterocycles. The number of hydrogen-bond acceptors (Lipinski definition) is 3. The standard InChI is InChI=1S/C17H20ClNO2/c1-20-15-7-9-16(10-8-15)21-12-11-19-13-17(18)14-5-3-2-4-6-14/h2-10,17,19H,11-13H2,1H3. The molecule has 112 valence electrons. The zero-order chi connectivity index (χ0) is 14.9. The minimum absolute atomic E-state index is 0.0211. The zero-order valence-electron chi connectivity index (χ0n) is 12.1. The monoisotopic (exact) mass is 305 g/mol. The van der Waals surface area contributed by atoms with Crippen LogP contribution in [0.4, 0.5) is 0 Å². The average Bonchev–Trinajstić information content (AvgIpc) is 2.55. The Hall–Kier alpha value is -1.71. The minimum Gasteiger partial charge on any atom is -0.497 e. The highest BCUT2D eigenvalue weighted by Gasteiger charge is 2.05. The molecule has 0 heterocycles. The number of halogens is 1. The van der Waals surface area contributed by atoms with E-state index in [0.717, 1.165) is 30.2 Å². The average molecular weight is 306 g/mol. The number of methoxy groups -OCH3 is 1. The lowest BCUT2D eigenvalue weighted by molar-refractivity contribution is 0.313. The van der Waals surface area contributed by atoms with E-state index in [1.54, 1.807) is 7.11 Å². The van der Waals surface area contributed by atoms with Crippen LogP contribution in [0.1, 0.15) is 10.9 Å². The fourth-order valence-electron chi connectivity index (χ4n) is 1.92. The molecule has 4 heteroatoms. The molecule has 3 nitrogen and oxygen atoms in total. The van der Waals surface area contributed by atoms with Gasteiger partial charge < -0.3 is 14.8 Å². The number of rotatable bonds is 8. The minimum atomic E-state index is -0.0211. The predicted molar refractivity (Wildman–Crippen MR) is 86.4 cm³/mol. The third-order valence-corrected chi connectivity index (χ3v) is 3.50. The van der Waals surface area contributed by atoms with Gasteiger partial charge in [0.2, 0.25) is 0 Å². The quantitative estimate of drug-likeness (QED) is 0.596. The van der Waals surface area contributed by atoms with Crippen LogP contribution in [0.25, 0.3) is 0 Å². The van der Waals surface area contributed by atoms with Gasteiger partial charge in [-0.3, -0.25) is 0 Å². The van der Waals surface area contributed by atoms with E-state index in [1.165, 1.54) is 0 Å². The van der Waals surface area contributed by atoms with Crippen LogP contribution in [0, 0.1) is 0 Å². The molecule has 2 aromatic rings. The molecule has 0 aliphatic heterocycles. The topological polar surface area (TPSA) is 30.5 Å². The van der Waals surface area contributed by atoms with E-state index in [-0.39, 0.29) is 5.38 Å². The molecule has 21 heavy (non-hydrogen) atoms. The molecule has 0 bridgehead atoms. The summed E-state index contributed by atoms with van der Waals surface area (Å²) in [7, 11) is 1.65. The van der Waals surface area contributed by atoms with Crippen molar-refractivity contribution in [3.63, 3.8) is 0 Å². The molecule has 0 amide bonds. The summed E-state index contributed by atoms with van der Waals surface area (Å²) in [6.45, 7) is 2.07. The van der Waals surface area contributed by atoms with Crippen molar-refractivity contribution < 1.29 is 9.47 Å². The molecule has 1 atom stereocenters. The van der Waals surface area contributed by atoms with Gasteiger partial charge in [-0.25, -0.2) is 0 Å². The molecule has 1 N–H and O–H groups in total. The lowest BCUT2D eigenvalue weighted by Crippen LogP contribution is -2.24. The number of alkyl halides is 1. The fraction of sp³-hybridized carbons (Fsp3) is 0.294. The fourth-order valence-corrected chi connectivity index (χ4v) is 2.18. The largest absolute Gasteiger partial charge is 0.497 e. The summed E-state index contributed by atoms with van der Waals surface area (Å²) in [6.07, 6.45) is 0. The summed E-state index contributed by atoms with van der Waals surface area (Å²) < 4.78 is 10.7. The van der Waals surface area contributed by atoms with Crippen LogP contribution in [-0.4, -0.2) is 26.8 Å². The molecule has 0 radical (unpaired) electrons. The smallest absolute Gasteiger partial charge is 0.119 e. The highest BCUT2D eigenvalue weighted by Crippen LogP contribution is 2.19. The summed E-state index contributed by atoms with van der Waals surface area (Å²) in [5.74, 6) is 1.66. The van der Waals surface area contributed by atoms with E-state index < -0.39 is 0 Å². The third-order valence-electron chi connectivity index (χ3n) is 3.09. The number of nitrogens with one attached hydrogen (secondary N) is 1. The highest BCUT2D eigenvalue weighted by atomic mass is 35.5. The zero-order valence-corrected chi connectivity index (χ0v) is 12.8. The van der Waals surface area contributed by atoms with Gasteiger partial charge in [0, 0.05) is 13.1 Å². The lowest BCUT2D eigenvalue weighted by Gasteiger charge is -2.12. The van der Waals surface area contributed by atoms with Gasteiger partial charge in [0.15, 0.2) is 0 Å². The highest BCUT2D eigenvalue weighted by molar-refractivity contribution is 6.21. The van der Waals surface area contributed by atoms with Crippen molar-refractivity contribution in [2.75, 3.05) is 26.8 Å². The Kier molecular flexibility index (Phi) is 6.38. The maximum Gasteiger partial charge on any atom is 0.119 e. The molecule has 0 aliphatic rings. The Labute approximate surface area is 130 Å². The van der Waals surface area contributed by atoms with Crippen molar-refractivity contribution in [3.8, 4) is 11.5 Å². The van der Waals surface area contributed by atoms with Crippen molar-refractivity contribution in [2.24, 2.45) is 0 Å². The first-order valence-electron chi connectivity index (χ1n) is 6.96. The molecule has 0 saturated carbocycles. The van der Waals surface area contributed by atoms with E-state index in [9.17, 15) is 0 Å². The molecular weight excluding hydrogens is 286 g/mol. The first kappa shape index (κ1) is 15.7. The summed E-state index contributed by atoms with van der Waals surface area (Å²) in [5.41, 5.74) is 1.13. The second-order valence-electron chi connectivity index (χ2n) is 4.61. The molecule has 0 fully saturated rings. The van der Waals surface area contributed by atoms with Gasteiger partial charge in [0.25, 0.3) is 0 Å². The van der Waals surface area contributed by atoms with Crippen LogP contribution in [0.15, 0.2) is 54.6 Å². The summed E-state index contributed by atoms with van der Waals surface area (Å²) in [6, 6.07) is 17.6. The first-order valence-corrected chi connectivity index (χ1v) is 7.40. The molecule has 0 saturated heterocycles. The second-order valence-corrected chi connectivity index (χ2v) is 5.13. The number of hydrogen-bond donors (Lipinski definition) is 1. The third kappa shape index (κ3) is 5.29. The number of ether oxygens (including phenoxy) is 2. The van der Waals surface area contributed by atoms with Crippen LogP contribution in [0.3, 0.4) is 0 Å². The van der Waals surface area contributed by atoms with E-state index in [0.29, 0.717) is 6.61 Å². The van der Waals surface area contributed by atoms with Crippen LogP contribution in [0.5, 0.6) is 11.5 Å².